The molecule has 0 unspecified atom stereocenters. The SMILES string of the molecule is COc1ccc(OCCN(C)CCOc2ccc(C=O)nc2)cn1. The fraction of sp³-hybridized carbons (Fsp3) is 0.353. The van der Waals surface area contributed by atoms with E-state index in [0.717, 1.165) is 13.1 Å². The lowest BCUT2D eigenvalue weighted by molar-refractivity contribution is 0.111. The Labute approximate surface area is 141 Å². The number of rotatable bonds is 10. The lowest BCUT2D eigenvalue weighted by Crippen LogP contribution is -2.28. The molecule has 2 aromatic rings. The van der Waals surface area contributed by atoms with Gasteiger partial charge in [-0.05, 0) is 25.2 Å². The molecule has 7 nitrogen and oxygen atoms in total. The summed E-state index contributed by atoms with van der Waals surface area (Å²) in [7, 11) is 3.57. The lowest BCUT2D eigenvalue weighted by Gasteiger charge is -2.17. The number of hydrogen-bond donors (Lipinski definition) is 0. The number of pyridine rings is 2. The topological polar surface area (TPSA) is 73.8 Å². The molecule has 0 aliphatic carbocycles. The zero-order valence-electron chi connectivity index (χ0n) is 13.8. The van der Waals surface area contributed by atoms with Crippen LogP contribution < -0.4 is 14.2 Å². The predicted molar refractivity (Wildman–Crippen MR) is 88.9 cm³/mol. The number of ether oxygens (including phenoxy) is 3. The van der Waals surface area contributed by atoms with Crippen LogP contribution in [0.1, 0.15) is 10.5 Å². The minimum absolute atomic E-state index is 0.393. The number of aldehydes is 1. The zero-order valence-corrected chi connectivity index (χ0v) is 13.8. The van der Waals surface area contributed by atoms with Crippen molar-refractivity contribution in [3.63, 3.8) is 0 Å². The number of nitrogens with zero attached hydrogens (tertiary/aromatic N) is 3. The highest BCUT2D eigenvalue weighted by molar-refractivity contribution is 5.71. The molecule has 0 fully saturated rings. The molecule has 0 saturated carbocycles. The third-order valence-corrected chi connectivity index (χ3v) is 3.28. The molecule has 7 heteroatoms. The van der Waals surface area contributed by atoms with Gasteiger partial charge < -0.3 is 14.2 Å². The summed E-state index contributed by atoms with van der Waals surface area (Å²) >= 11 is 0. The van der Waals surface area contributed by atoms with Crippen molar-refractivity contribution in [2.45, 2.75) is 0 Å². The highest BCUT2D eigenvalue weighted by Gasteiger charge is 2.02. The molecule has 2 rings (SSSR count). The second-order valence-electron chi connectivity index (χ2n) is 5.07. The maximum atomic E-state index is 10.5. The fourth-order valence-electron chi connectivity index (χ4n) is 1.87. The Kier molecular flexibility index (Phi) is 6.97. The first-order valence-electron chi connectivity index (χ1n) is 7.56. The van der Waals surface area contributed by atoms with Crippen LogP contribution >= 0.6 is 0 Å². The van der Waals surface area contributed by atoms with Crippen LogP contribution in [0.4, 0.5) is 0 Å². The first-order chi connectivity index (χ1) is 11.7. The van der Waals surface area contributed by atoms with Crippen molar-refractivity contribution in [1.82, 2.24) is 14.9 Å². The van der Waals surface area contributed by atoms with Gasteiger partial charge in [0.05, 0.1) is 19.5 Å². The number of likely N-dealkylation sites (N-methyl/N-ethyl adjacent to an activating group) is 1. The largest absolute Gasteiger partial charge is 0.491 e. The van der Waals surface area contributed by atoms with Crippen molar-refractivity contribution in [1.29, 1.82) is 0 Å². The average molecular weight is 331 g/mol. The third-order valence-electron chi connectivity index (χ3n) is 3.28. The zero-order chi connectivity index (χ0) is 17.2. The van der Waals surface area contributed by atoms with Gasteiger partial charge in [-0.2, -0.15) is 0 Å². The molecule has 128 valence electrons. The van der Waals surface area contributed by atoms with Crippen LogP contribution in [0.5, 0.6) is 17.4 Å². The molecular formula is C17H21N3O4. The van der Waals surface area contributed by atoms with Crippen molar-refractivity contribution >= 4 is 6.29 Å². The Balaban J connectivity index is 1.61. The van der Waals surface area contributed by atoms with Crippen LogP contribution in [0.25, 0.3) is 0 Å². The summed E-state index contributed by atoms with van der Waals surface area (Å²) in [6.45, 7) is 2.60. The van der Waals surface area contributed by atoms with E-state index in [1.807, 2.05) is 13.1 Å². The Bertz CT molecular complexity index is 617. The first kappa shape index (κ1) is 17.7. The van der Waals surface area contributed by atoms with Gasteiger partial charge in [-0.25, -0.2) is 9.97 Å². The van der Waals surface area contributed by atoms with E-state index in [1.165, 1.54) is 0 Å². The molecule has 0 saturated heterocycles. The standard InChI is InChI=1S/C17H21N3O4/c1-20(7-9-23-15-4-3-14(13-21)18-11-15)8-10-24-16-5-6-17(22-2)19-12-16/h3-6,11-13H,7-10H2,1-2H3. The van der Waals surface area contributed by atoms with Crippen LogP contribution in [0, 0.1) is 0 Å². The summed E-state index contributed by atoms with van der Waals surface area (Å²) in [4.78, 5) is 20.7. The number of methoxy groups -OCH3 is 1. The van der Waals surface area contributed by atoms with Crippen LogP contribution in [0.2, 0.25) is 0 Å². The van der Waals surface area contributed by atoms with E-state index >= 15 is 0 Å². The quantitative estimate of drug-likeness (QED) is 0.613. The van der Waals surface area contributed by atoms with Gasteiger partial charge in [-0.15, -0.1) is 0 Å². The molecule has 2 aromatic heterocycles. The first-order valence-corrected chi connectivity index (χ1v) is 7.56. The summed E-state index contributed by atoms with van der Waals surface area (Å²) in [5.74, 6) is 1.92. The fourth-order valence-corrected chi connectivity index (χ4v) is 1.87. The monoisotopic (exact) mass is 331 g/mol. The molecule has 0 spiro atoms. The van der Waals surface area contributed by atoms with Gasteiger partial charge in [0.2, 0.25) is 5.88 Å². The van der Waals surface area contributed by atoms with Crippen LogP contribution in [0.3, 0.4) is 0 Å². The average Bonchev–Trinajstić information content (AvgIpc) is 2.63. The molecule has 0 aromatic carbocycles. The van der Waals surface area contributed by atoms with Crippen molar-refractivity contribution in [3.05, 3.63) is 42.4 Å². The lowest BCUT2D eigenvalue weighted by atomic mass is 10.4. The number of carbonyl (C=O) groups excluding carboxylic acids is 1. The number of carbonyl (C=O) groups is 1. The molecule has 2 heterocycles. The van der Waals surface area contributed by atoms with Gasteiger partial charge in [0, 0.05) is 19.2 Å². The molecular weight excluding hydrogens is 310 g/mol. The van der Waals surface area contributed by atoms with Crippen molar-refractivity contribution in [2.75, 3.05) is 40.5 Å². The van der Waals surface area contributed by atoms with E-state index in [2.05, 4.69) is 14.9 Å². The third kappa shape index (κ3) is 5.85. The Morgan fingerprint density at radius 3 is 2.08 bits per heavy atom. The van der Waals surface area contributed by atoms with Crippen molar-refractivity contribution in [3.8, 4) is 17.4 Å². The van der Waals surface area contributed by atoms with E-state index in [-0.39, 0.29) is 0 Å². The van der Waals surface area contributed by atoms with E-state index in [4.69, 9.17) is 14.2 Å². The Morgan fingerprint density at radius 2 is 1.62 bits per heavy atom. The Morgan fingerprint density at radius 1 is 1.00 bits per heavy atom. The van der Waals surface area contributed by atoms with Gasteiger partial charge in [-0.1, -0.05) is 0 Å². The maximum absolute atomic E-state index is 10.5. The summed E-state index contributed by atoms with van der Waals surface area (Å²) in [6.07, 6.45) is 3.89. The summed E-state index contributed by atoms with van der Waals surface area (Å²) in [6, 6.07) is 6.95. The normalized spacial score (nSPS) is 10.5. The van der Waals surface area contributed by atoms with Gasteiger partial charge in [-0.3, -0.25) is 9.69 Å². The van der Waals surface area contributed by atoms with E-state index < -0.39 is 0 Å². The van der Waals surface area contributed by atoms with Gasteiger partial charge >= 0.3 is 0 Å². The molecule has 0 aliphatic heterocycles. The van der Waals surface area contributed by atoms with E-state index in [0.29, 0.717) is 42.6 Å². The second-order valence-corrected chi connectivity index (χ2v) is 5.07. The van der Waals surface area contributed by atoms with Crippen LogP contribution in [0.15, 0.2) is 36.7 Å². The molecule has 0 bridgehead atoms. The number of aromatic nitrogens is 2. The predicted octanol–water partition coefficient (Wildman–Crippen LogP) is 1.69. The highest BCUT2D eigenvalue weighted by Crippen LogP contribution is 2.13. The van der Waals surface area contributed by atoms with Crippen LogP contribution in [-0.2, 0) is 0 Å². The highest BCUT2D eigenvalue weighted by atomic mass is 16.5. The summed E-state index contributed by atoms with van der Waals surface area (Å²) in [5, 5.41) is 0. The minimum Gasteiger partial charge on any atom is -0.491 e. The maximum Gasteiger partial charge on any atom is 0.213 e. The second kappa shape index (κ2) is 9.46. The number of hydrogen-bond acceptors (Lipinski definition) is 7. The molecule has 0 aliphatic rings. The van der Waals surface area contributed by atoms with Gasteiger partial charge in [0.25, 0.3) is 0 Å². The molecule has 0 amide bonds. The molecule has 0 atom stereocenters. The van der Waals surface area contributed by atoms with E-state index in [9.17, 15) is 4.79 Å². The van der Waals surface area contributed by atoms with Crippen molar-refractivity contribution in [2.24, 2.45) is 0 Å². The molecule has 0 N–H and O–H groups in total. The summed E-state index contributed by atoms with van der Waals surface area (Å²) < 4.78 is 16.2. The summed E-state index contributed by atoms with van der Waals surface area (Å²) in [5.41, 5.74) is 0.393. The van der Waals surface area contributed by atoms with Crippen LogP contribution in [-0.4, -0.2) is 61.6 Å². The smallest absolute Gasteiger partial charge is 0.213 e. The van der Waals surface area contributed by atoms with Crippen molar-refractivity contribution < 1.29 is 19.0 Å². The van der Waals surface area contributed by atoms with E-state index in [1.54, 1.807) is 37.7 Å². The molecule has 0 radical (unpaired) electrons. The van der Waals surface area contributed by atoms with Gasteiger partial charge in [0.15, 0.2) is 6.29 Å². The van der Waals surface area contributed by atoms with Gasteiger partial charge in [0.1, 0.15) is 30.4 Å². The minimum atomic E-state index is 0.393. The Hall–Kier alpha value is -2.67. The molecule has 24 heavy (non-hydrogen) atoms.